The largest absolute Gasteiger partial charge is 0.481 e. The fraction of sp³-hybridized carbons (Fsp3) is 0.214. The van der Waals surface area contributed by atoms with Crippen LogP contribution in [0.1, 0.15) is 12.0 Å². The van der Waals surface area contributed by atoms with Gasteiger partial charge in [-0.15, -0.1) is 0 Å². The summed E-state index contributed by atoms with van der Waals surface area (Å²) in [6.45, 7) is 1.90. The summed E-state index contributed by atoms with van der Waals surface area (Å²) in [7, 11) is 0. The quantitative estimate of drug-likeness (QED) is 0.538. The third-order valence-electron chi connectivity index (χ3n) is 2.53. The van der Waals surface area contributed by atoms with Crippen LogP contribution in [0.2, 0.25) is 0 Å². The molecule has 1 amide bonds. The molecule has 1 rings (SSSR count). The number of nitrogens with one attached hydrogen (secondary N) is 2. The maximum absolute atomic E-state index is 11.7. The van der Waals surface area contributed by atoms with Gasteiger partial charge in [0.2, 0.25) is 0 Å². The zero-order valence-corrected chi connectivity index (χ0v) is 12.9. The van der Waals surface area contributed by atoms with Crippen LogP contribution in [0.15, 0.2) is 34.4 Å². The first-order valence-electron chi connectivity index (χ1n) is 6.07. The number of carboxylic acids is 1. The third kappa shape index (κ3) is 5.67. The molecule has 0 saturated heterocycles. The van der Waals surface area contributed by atoms with Crippen LogP contribution in [0.3, 0.4) is 0 Å². The fourth-order valence-electron chi connectivity index (χ4n) is 1.42. The molecule has 0 radical (unpaired) electrons. The Bertz CT molecular complexity index is 620. The van der Waals surface area contributed by atoms with E-state index in [1.54, 1.807) is 12.1 Å². The number of carbonyl (C=O) groups excluding carboxylic acids is 1. The van der Waals surface area contributed by atoms with E-state index >= 15 is 0 Å². The number of carbonyl (C=O) groups is 2. The van der Waals surface area contributed by atoms with E-state index < -0.39 is 11.9 Å². The number of hydrogen-bond acceptors (Lipinski definition) is 4. The minimum Gasteiger partial charge on any atom is -0.481 e. The molecule has 0 saturated carbocycles. The molecular formula is C14H14BrN3O3. The molecule has 0 aliphatic rings. The lowest BCUT2D eigenvalue weighted by atomic mass is 10.2. The number of amides is 1. The lowest BCUT2D eigenvalue weighted by Gasteiger charge is -2.05. The van der Waals surface area contributed by atoms with Gasteiger partial charge >= 0.3 is 5.97 Å². The minimum atomic E-state index is -1.01. The van der Waals surface area contributed by atoms with Crippen molar-refractivity contribution in [2.24, 2.45) is 0 Å². The van der Waals surface area contributed by atoms with Crippen molar-refractivity contribution >= 4 is 33.5 Å². The van der Waals surface area contributed by atoms with Crippen LogP contribution in [0.4, 0.5) is 5.69 Å². The number of aryl methyl sites for hydroxylation is 1. The van der Waals surface area contributed by atoms with E-state index in [0.717, 1.165) is 15.7 Å². The number of nitrogens with zero attached hydrogens (tertiary/aromatic N) is 1. The van der Waals surface area contributed by atoms with E-state index in [1.807, 2.05) is 19.1 Å². The first-order valence-corrected chi connectivity index (χ1v) is 6.86. The van der Waals surface area contributed by atoms with Gasteiger partial charge in [-0.3, -0.25) is 9.59 Å². The smallest absolute Gasteiger partial charge is 0.305 e. The molecule has 0 aromatic heterocycles. The number of nitriles is 1. The Labute approximate surface area is 130 Å². The summed E-state index contributed by atoms with van der Waals surface area (Å²) < 4.78 is 0.962. The van der Waals surface area contributed by atoms with E-state index in [2.05, 4.69) is 26.6 Å². The fourth-order valence-corrected chi connectivity index (χ4v) is 1.66. The Kier molecular flexibility index (Phi) is 6.43. The summed E-state index contributed by atoms with van der Waals surface area (Å²) in [5, 5.41) is 22.6. The minimum absolute atomic E-state index is 0.0232. The Morgan fingerprint density at radius 1 is 1.48 bits per heavy atom. The number of anilines is 1. The predicted molar refractivity (Wildman–Crippen MR) is 81.5 cm³/mol. The highest BCUT2D eigenvalue weighted by molar-refractivity contribution is 9.10. The predicted octanol–water partition coefficient (Wildman–Crippen LogP) is 2.17. The second-order valence-electron chi connectivity index (χ2n) is 4.18. The SMILES string of the molecule is Cc1cc(N/C=C(/C#N)C(=O)NCCC(=O)O)ccc1Br. The molecule has 0 aliphatic carbocycles. The Balaban J connectivity index is 2.66. The van der Waals surface area contributed by atoms with Gasteiger partial charge in [-0.1, -0.05) is 15.9 Å². The Morgan fingerprint density at radius 2 is 2.19 bits per heavy atom. The number of hydrogen-bond donors (Lipinski definition) is 3. The summed E-state index contributed by atoms with van der Waals surface area (Å²) in [6.07, 6.45) is 1.10. The van der Waals surface area contributed by atoms with Gasteiger partial charge in [-0.2, -0.15) is 5.26 Å². The average molecular weight is 352 g/mol. The van der Waals surface area contributed by atoms with Crippen LogP contribution in [-0.2, 0) is 9.59 Å². The lowest BCUT2D eigenvalue weighted by molar-refractivity contribution is -0.136. The molecule has 0 spiro atoms. The van der Waals surface area contributed by atoms with Crippen molar-refractivity contribution in [2.45, 2.75) is 13.3 Å². The molecule has 1 aromatic rings. The van der Waals surface area contributed by atoms with Gasteiger partial charge in [-0.25, -0.2) is 0 Å². The van der Waals surface area contributed by atoms with Gasteiger partial charge < -0.3 is 15.7 Å². The van der Waals surface area contributed by atoms with Crippen molar-refractivity contribution in [3.63, 3.8) is 0 Å². The van der Waals surface area contributed by atoms with Crippen molar-refractivity contribution in [2.75, 3.05) is 11.9 Å². The molecule has 0 atom stereocenters. The van der Waals surface area contributed by atoms with Crippen LogP contribution in [0.5, 0.6) is 0 Å². The summed E-state index contributed by atoms with van der Waals surface area (Å²) in [5.41, 5.74) is 1.63. The van der Waals surface area contributed by atoms with E-state index in [4.69, 9.17) is 10.4 Å². The number of halogens is 1. The second-order valence-corrected chi connectivity index (χ2v) is 5.03. The van der Waals surface area contributed by atoms with Gasteiger partial charge in [0.15, 0.2) is 0 Å². The molecule has 0 fully saturated rings. The van der Waals surface area contributed by atoms with Gasteiger partial charge in [0.25, 0.3) is 5.91 Å². The summed E-state index contributed by atoms with van der Waals surface area (Å²) in [6, 6.07) is 7.27. The molecule has 7 heteroatoms. The standard InChI is InChI=1S/C14H14BrN3O3/c1-9-6-11(2-3-12(9)15)18-8-10(7-16)14(21)17-5-4-13(19)20/h2-3,6,8,18H,4-5H2,1H3,(H,17,21)(H,19,20)/b10-8-. The topological polar surface area (TPSA) is 102 Å². The van der Waals surface area contributed by atoms with Gasteiger partial charge in [0.05, 0.1) is 6.42 Å². The molecule has 1 aromatic carbocycles. The van der Waals surface area contributed by atoms with Crippen molar-refractivity contribution in [3.8, 4) is 6.07 Å². The molecule has 0 aliphatic heterocycles. The number of benzene rings is 1. The highest BCUT2D eigenvalue weighted by Crippen LogP contribution is 2.20. The van der Waals surface area contributed by atoms with Crippen molar-refractivity contribution < 1.29 is 14.7 Å². The van der Waals surface area contributed by atoms with Gasteiger partial charge in [-0.05, 0) is 30.7 Å². The van der Waals surface area contributed by atoms with Crippen LogP contribution in [0, 0.1) is 18.3 Å². The first kappa shape index (κ1) is 16.7. The molecule has 21 heavy (non-hydrogen) atoms. The number of carboxylic acid groups (broad SMARTS) is 1. The van der Waals surface area contributed by atoms with Gasteiger partial charge in [0.1, 0.15) is 11.6 Å². The monoisotopic (exact) mass is 351 g/mol. The zero-order valence-electron chi connectivity index (χ0n) is 11.3. The Hall–Kier alpha value is -2.33. The second kappa shape index (κ2) is 8.07. The molecule has 6 nitrogen and oxygen atoms in total. The Morgan fingerprint density at radius 3 is 2.76 bits per heavy atom. The molecule has 3 N–H and O–H groups in total. The summed E-state index contributed by atoms with van der Waals surface area (Å²) in [4.78, 5) is 22.0. The van der Waals surface area contributed by atoms with Gasteiger partial charge in [0, 0.05) is 22.9 Å². The number of rotatable bonds is 6. The highest BCUT2D eigenvalue weighted by Gasteiger charge is 2.09. The molecule has 110 valence electrons. The molecular weight excluding hydrogens is 338 g/mol. The highest BCUT2D eigenvalue weighted by atomic mass is 79.9. The lowest BCUT2D eigenvalue weighted by Crippen LogP contribution is -2.27. The van der Waals surface area contributed by atoms with Crippen molar-refractivity contribution in [3.05, 3.63) is 40.0 Å². The van der Waals surface area contributed by atoms with Crippen LogP contribution >= 0.6 is 15.9 Å². The zero-order chi connectivity index (χ0) is 15.8. The van der Waals surface area contributed by atoms with E-state index in [-0.39, 0.29) is 18.5 Å². The first-order chi connectivity index (χ1) is 9.93. The maximum atomic E-state index is 11.7. The van der Waals surface area contributed by atoms with Crippen molar-refractivity contribution in [1.82, 2.24) is 5.32 Å². The normalized spacial score (nSPS) is 10.6. The molecule has 0 bridgehead atoms. The maximum Gasteiger partial charge on any atom is 0.305 e. The molecule has 0 heterocycles. The van der Waals surface area contributed by atoms with Crippen molar-refractivity contribution in [1.29, 1.82) is 5.26 Å². The van der Waals surface area contributed by atoms with E-state index in [9.17, 15) is 9.59 Å². The average Bonchev–Trinajstić information content (AvgIpc) is 2.43. The van der Waals surface area contributed by atoms with E-state index in [1.165, 1.54) is 6.20 Å². The van der Waals surface area contributed by atoms with Crippen LogP contribution < -0.4 is 10.6 Å². The van der Waals surface area contributed by atoms with E-state index in [0.29, 0.717) is 0 Å². The number of aliphatic carboxylic acids is 1. The third-order valence-corrected chi connectivity index (χ3v) is 3.42. The summed E-state index contributed by atoms with van der Waals surface area (Å²) >= 11 is 3.38. The van der Waals surface area contributed by atoms with Crippen LogP contribution in [0.25, 0.3) is 0 Å². The summed E-state index contributed by atoms with van der Waals surface area (Å²) in [5.74, 6) is -1.62. The molecule has 0 unspecified atom stereocenters. The van der Waals surface area contributed by atoms with Crippen LogP contribution in [-0.4, -0.2) is 23.5 Å².